The number of fused-ring (bicyclic) bond motifs is 1. The van der Waals surface area contributed by atoms with Crippen molar-refractivity contribution in [2.24, 2.45) is 0 Å². The molecule has 1 saturated heterocycles. The zero-order valence-corrected chi connectivity index (χ0v) is 14.9. The van der Waals surface area contributed by atoms with E-state index in [2.05, 4.69) is 10.6 Å². The lowest BCUT2D eigenvalue weighted by Crippen LogP contribution is -2.49. The van der Waals surface area contributed by atoms with Gasteiger partial charge in [0, 0.05) is 38.7 Å². The summed E-state index contributed by atoms with van der Waals surface area (Å²) < 4.78 is 11.3. The third-order valence-electron chi connectivity index (χ3n) is 4.30. The highest BCUT2D eigenvalue weighted by Gasteiger charge is 2.31. The van der Waals surface area contributed by atoms with E-state index in [0.717, 1.165) is 32.4 Å². The number of hydrogen-bond donors (Lipinski definition) is 2. The van der Waals surface area contributed by atoms with Crippen molar-refractivity contribution in [3.05, 3.63) is 18.2 Å². The van der Waals surface area contributed by atoms with Crippen LogP contribution in [0.3, 0.4) is 0 Å². The molecule has 2 aliphatic heterocycles. The Kier molecular flexibility index (Phi) is 4.74. The second-order valence-corrected chi connectivity index (χ2v) is 6.97. The van der Waals surface area contributed by atoms with E-state index in [1.807, 2.05) is 18.7 Å². The van der Waals surface area contributed by atoms with Crippen LogP contribution < -0.4 is 20.1 Å². The summed E-state index contributed by atoms with van der Waals surface area (Å²) in [5.74, 6) is 0.477. The minimum Gasteiger partial charge on any atom is -0.449 e. The van der Waals surface area contributed by atoms with Gasteiger partial charge in [-0.25, -0.2) is 4.79 Å². The summed E-state index contributed by atoms with van der Waals surface area (Å²) >= 11 is 0. The Morgan fingerprint density at radius 2 is 1.80 bits per heavy atom. The molecule has 1 aromatic carbocycles. The van der Waals surface area contributed by atoms with Gasteiger partial charge in [0.15, 0.2) is 11.5 Å². The lowest BCUT2D eigenvalue weighted by atomic mass is 10.1. The fourth-order valence-corrected chi connectivity index (χ4v) is 3.11. The van der Waals surface area contributed by atoms with Crippen molar-refractivity contribution in [1.29, 1.82) is 0 Å². The average Bonchev–Trinajstić information content (AvgIpc) is 2.87. The minimum atomic E-state index is -0.710. The number of ether oxygens (including phenoxy) is 2. The molecular formula is C18H25N3O4. The van der Waals surface area contributed by atoms with Crippen molar-refractivity contribution in [3.63, 3.8) is 0 Å². The van der Waals surface area contributed by atoms with Crippen molar-refractivity contribution >= 4 is 17.6 Å². The molecular weight excluding hydrogens is 322 g/mol. The highest BCUT2D eigenvalue weighted by Crippen LogP contribution is 2.40. The molecule has 0 spiro atoms. The first-order chi connectivity index (χ1) is 11.8. The fourth-order valence-electron chi connectivity index (χ4n) is 3.11. The minimum absolute atomic E-state index is 0.0395. The molecule has 0 aromatic heterocycles. The third kappa shape index (κ3) is 4.15. The molecule has 3 amide bonds. The maximum absolute atomic E-state index is 12.4. The van der Waals surface area contributed by atoms with E-state index >= 15 is 0 Å². The Balaban J connectivity index is 1.55. The Labute approximate surface area is 147 Å². The molecule has 0 saturated carbocycles. The van der Waals surface area contributed by atoms with Gasteiger partial charge < -0.3 is 25.0 Å². The maximum atomic E-state index is 12.4. The number of carbonyl (C=O) groups excluding carboxylic acids is 2. The van der Waals surface area contributed by atoms with Crippen LogP contribution in [0, 0.1) is 0 Å². The number of amides is 3. The van der Waals surface area contributed by atoms with Gasteiger partial charge in [0.05, 0.1) is 0 Å². The van der Waals surface area contributed by atoms with E-state index in [1.54, 1.807) is 25.1 Å². The zero-order chi connectivity index (χ0) is 18.0. The quantitative estimate of drug-likeness (QED) is 0.881. The summed E-state index contributed by atoms with van der Waals surface area (Å²) in [6.07, 6.45) is 3.21. The summed E-state index contributed by atoms with van der Waals surface area (Å²) in [6.45, 7) is 6.88. The molecule has 1 atom stereocenters. The van der Waals surface area contributed by atoms with Gasteiger partial charge in [-0.05, 0) is 38.3 Å². The van der Waals surface area contributed by atoms with E-state index in [1.165, 1.54) is 0 Å². The highest BCUT2D eigenvalue weighted by molar-refractivity contribution is 5.93. The van der Waals surface area contributed by atoms with Gasteiger partial charge in [0.1, 0.15) is 6.04 Å². The summed E-state index contributed by atoms with van der Waals surface area (Å²) in [7, 11) is 0. The number of piperidine rings is 1. The second kappa shape index (κ2) is 6.82. The lowest BCUT2D eigenvalue weighted by molar-refractivity contribution is -0.133. The molecule has 7 nitrogen and oxygen atoms in total. The number of rotatable bonds is 3. The molecule has 7 heteroatoms. The van der Waals surface area contributed by atoms with E-state index in [9.17, 15) is 9.59 Å². The number of hydrogen-bond acceptors (Lipinski definition) is 4. The first kappa shape index (κ1) is 17.4. The number of likely N-dealkylation sites (tertiary alicyclic amines) is 1. The van der Waals surface area contributed by atoms with E-state index in [0.29, 0.717) is 17.2 Å². The van der Waals surface area contributed by atoms with Crippen LogP contribution >= 0.6 is 0 Å². The molecule has 3 rings (SSSR count). The van der Waals surface area contributed by atoms with Crippen LogP contribution in [0.25, 0.3) is 0 Å². The Morgan fingerprint density at radius 1 is 1.12 bits per heavy atom. The molecule has 2 N–H and O–H groups in total. The zero-order valence-electron chi connectivity index (χ0n) is 14.9. The van der Waals surface area contributed by atoms with Crippen LogP contribution in [-0.4, -0.2) is 41.8 Å². The first-order valence-electron chi connectivity index (χ1n) is 8.72. The van der Waals surface area contributed by atoms with Gasteiger partial charge in [-0.1, -0.05) is 0 Å². The molecule has 0 radical (unpaired) electrons. The molecule has 0 bridgehead atoms. The molecule has 2 aliphatic rings. The van der Waals surface area contributed by atoms with Gasteiger partial charge in [0.2, 0.25) is 11.7 Å². The van der Waals surface area contributed by atoms with Gasteiger partial charge in [0.25, 0.3) is 0 Å². The number of nitrogens with zero attached hydrogens (tertiary/aromatic N) is 1. The molecule has 2 heterocycles. The lowest BCUT2D eigenvalue weighted by Gasteiger charge is -2.29. The predicted molar refractivity (Wildman–Crippen MR) is 93.8 cm³/mol. The van der Waals surface area contributed by atoms with E-state index in [-0.39, 0.29) is 5.91 Å². The van der Waals surface area contributed by atoms with Crippen molar-refractivity contribution in [2.75, 3.05) is 18.4 Å². The van der Waals surface area contributed by atoms with Crippen LogP contribution in [0.2, 0.25) is 0 Å². The summed E-state index contributed by atoms with van der Waals surface area (Å²) in [4.78, 5) is 26.3. The van der Waals surface area contributed by atoms with Gasteiger partial charge >= 0.3 is 6.03 Å². The monoisotopic (exact) mass is 347 g/mol. The number of carbonyl (C=O) groups is 2. The number of anilines is 1. The normalized spacial score (nSPS) is 19.2. The summed E-state index contributed by atoms with van der Waals surface area (Å²) in [6, 6.07) is 4.21. The van der Waals surface area contributed by atoms with E-state index in [4.69, 9.17) is 9.47 Å². The van der Waals surface area contributed by atoms with Crippen LogP contribution in [0.5, 0.6) is 11.5 Å². The average molecular weight is 347 g/mol. The van der Waals surface area contributed by atoms with Crippen LogP contribution in [0.1, 0.15) is 40.0 Å². The molecule has 0 unspecified atom stereocenters. The second-order valence-electron chi connectivity index (χ2n) is 6.97. The smallest absolute Gasteiger partial charge is 0.319 e. The number of nitrogens with one attached hydrogen (secondary N) is 2. The largest absolute Gasteiger partial charge is 0.449 e. The van der Waals surface area contributed by atoms with Crippen LogP contribution in [0.15, 0.2) is 18.2 Å². The van der Waals surface area contributed by atoms with Crippen molar-refractivity contribution in [2.45, 2.75) is 51.9 Å². The topological polar surface area (TPSA) is 79.9 Å². The highest BCUT2D eigenvalue weighted by atomic mass is 16.7. The first-order valence-corrected chi connectivity index (χ1v) is 8.72. The summed E-state index contributed by atoms with van der Waals surface area (Å²) in [5, 5.41) is 5.43. The maximum Gasteiger partial charge on any atom is 0.319 e. The summed E-state index contributed by atoms with van der Waals surface area (Å²) in [5.41, 5.74) is 0.579. The molecule has 0 aliphatic carbocycles. The SMILES string of the molecule is C[C@H](NC(=O)Nc1ccc2c(c1)OC(C)(C)O2)C(=O)N1CCCCC1. The number of benzene rings is 1. The standard InChI is InChI=1S/C18H25N3O4/c1-12(16(22)21-9-5-4-6-10-21)19-17(23)20-13-7-8-14-15(11-13)25-18(2,3)24-14/h7-8,11-12H,4-6,9-10H2,1-3H3,(H2,19,20,23)/t12-/m0/s1. The Morgan fingerprint density at radius 3 is 2.52 bits per heavy atom. The third-order valence-corrected chi connectivity index (χ3v) is 4.30. The van der Waals surface area contributed by atoms with Gasteiger partial charge in [-0.2, -0.15) is 0 Å². The molecule has 1 fully saturated rings. The molecule has 1 aromatic rings. The Hall–Kier alpha value is -2.44. The Bertz CT molecular complexity index is 668. The van der Waals surface area contributed by atoms with Crippen LogP contribution in [-0.2, 0) is 4.79 Å². The molecule has 25 heavy (non-hydrogen) atoms. The van der Waals surface area contributed by atoms with Gasteiger partial charge in [-0.3, -0.25) is 4.79 Å². The van der Waals surface area contributed by atoms with Crippen molar-refractivity contribution in [3.8, 4) is 11.5 Å². The molecule has 136 valence electrons. The van der Waals surface area contributed by atoms with Crippen molar-refractivity contribution < 1.29 is 19.1 Å². The van der Waals surface area contributed by atoms with E-state index < -0.39 is 17.9 Å². The number of urea groups is 1. The van der Waals surface area contributed by atoms with Crippen LogP contribution in [0.4, 0.5) is 10.5 Å². The predicted octanol–water partition coefficient (Wildman–Crippen LogP) is 2.72. The fraction of sp³-hybridized carbons (Fsp3) is 0.556. The van der Waals surface area contributed by atoms with Crippen molar-refractivity contribution in [1.82, 2.24) is 10.2 Å². The van der Waals surface area contributed by atoms with Gasteiger partial charge in [-0.15, -0.1) is 0 Å².